The molecule has 2 aromatic rings. The minimum absolute atomic E-state index is 0.0969. The van der Waals surface area contributed by atoms with Crippen molar-refractivity contribution in [2.24, 2.45) is 0 Å². The van der Waals surface area contributed by atoms with Crippen LogP contribution in [0.2, 0.25) is 0 Å². The van der Waals surface area contributed by atoms with Crippen LogP contribution in [0.25, 0.3) is 0 Å². The zero-order chi connectivity index (χ0) is 15.0. The number of hydrogen-bond acceptors (Lipinski definition) is 4. The highest BCUT2D eigenvalue weighted by Gasteiger charge is 2.28. The molecule has 0 fully saturated rings. The highest BCUT2D eigenvalue weighted by Crippen LogP contribution is 2.36. The maximum absolute atomic E-state index is 12.5. The van der Waals surface area contributed by atoms with E-state index in [1.165, 1.54) is 23.9 Å². The number of rotatable bonds is 2. The largest absolute Gasteiger partial charge is 0.507 e. The van der Waals surface area contributed by atoms with Crippen molar-refractivity contribution in [2.45, 2.75) is 11.8 Å². The molecule has 0 unspecified atom stereocenters. The van der Waals surface area contributed by atoms with E-state index < -0.39 is 0 Å². The van der Waals surface area contributed by atoms with E-state index in [2.05, 4.69) is 0 Å². The summed E-state index contributed by atoms with van der Waals surface area (Å²) >= 11 is 1.24. The molecule has 3 nitrogen and oxygen atoms in total. The highest BCUT2D eigenvalue weighted by molar-refractivity contribution is 8.04. The number of carbonyl (C=O) groups is 2. The summed E-state index contributed by atoms with van der Waals surface area (Å²) in [4.78, 5) is 25.8. The molecule has 0 aliphatic heterocycles. The molecule has 0 aromatic heterocycles. The van der Waals surface area contributed by atoms with E-state index in [9.17, 15) is 14.7 Å². The monoisotopic (exact) mass is 296 g/mol. The van der Waals surface area contributed by atoms with Gasteiger partial charge in [0.05, 0.1) is 10.5 Å². The standard InChI is InChI=1S/C17H12O3S/c1-10-5-7-11(8-6-10)21-15-9-14(19)12-3-2-4-13(18)16(12)17(15)20/h2-9,18H,1H3. The number of ketones is 2. The maximum Gasteiger partial charge on any atom is 0.204 e. The minimum atomic E-state index is -0.312. The number of thioether (sulfide) groups is 1. The Labute approximate surface area is 126 Å². The van der Waals surface area contributed by atoms with Crippen LogP contribution in [0, 0.1) is 6.92 Å². The number of benzene rings is 2. The first-order valence-corrected chi connectivity index (χ1v) is 7.25. The summed E-state index contributed by atoms with van der Waals surface area (Å²) in [6, 6.07) is 12.2. The van der Waals surface area contributed by atoms with Gasteiger partial charge in [-0.25, -0.2) is 0 Å². The average molecular weight is 296 g/mol. The first kappa shape index (κ1) is 13.6. The number of aryl methyl sites for hydroxylation is 1. The summed E-state index contributed by atoms with van der Waals surface area (Å²) in [5.41, 5.74) is 1.48. The van der Waals surface area contributed by atoms with Crippen molar-refractivity contribution in [1.82, 2.24) is 0 Å². The summed E-state index contributed by atoms with van der Waals surface area (Å²) < 4.78 is 0. The molecule has 0 saturated heterocycles. The van der Waals surface area contributed by atoms with E-state index in [1.54, 1.807) is 12.1 Å². The number of aromatic hydroxyl groups is 1. The molecule has 3 rings (SSSR count). The number of carbonyl (C=O) groups excluding carboxylic acids is 2. The molecule has 0 radical (unpaired) electrons. The summed E-state index contributed by atoms with van der Waals surface area (Å²) in [5, 5.41) is 9.86. The van der Waals surface area contributed by atoms with Crippen LogP contribution in [0.1, 0.15) is 26.3 Å². The summed E-state index contributed by atoms with van der Waals surface area (Å²) in [6.45, 7) is 1.98. The van der Waals surface area contributed by atoms with Crippen LogP contribution in [0.4, 0.5) is 0 Å². The van der Waals surface area contributed by atoms with Crippen molar-refractivity contribution in [1.29, 1.82) is 0 Å². The van der Waals surface area contributed by atoms with Crippen LogP contribution in [0.15, 0.2) is 58.3 Å². The van der Waals surface area contributed by atoms with Gasteiger partial charge in [0.2, 0.25) is 5.78 Å². The molecule has 1 aliphatic rings. The van der Waals surface area contributed by atoms with Crippen LogP contribution in [-0.4, -0.2) is 16.7 Å². The Bertz CT molecular complexity index is 773. The van der Waals surface area contributed by atoms with Gasteiger partial charge in [-0.2, -0.15) is 0 Å². The van der Waals surface area contributed by atoms with E-state index in [4.69, 9.17) is 0 Å². The molecular formula is C17H12O3S. The zero-order valence-electron chi connectivity index (χ0n) is 11.3. The molecule has 0 heterocycles. The second-order valence-corrected chi connectivity index (χ2v) is 5.93. The smallest absolute Gasteiger partial charge is 0.204 e. The van der Waals surface area contributed by atoms with Crippen LogP contribution in [0.3, 0.4) is 0 Å². The van der Waals surface area contributed by atoms with Gasteiger partial charge < -0.3 is 5.11 Å². The Kier molecular flexibility index (Phi) is 3.39. The number of Topliss-reactive ketones (excluding diaryl/α,β-unsaturated/α-hetero) is 1. The lowest BCUT2D eigenvalue weighted by Crippen LogP contribution is -2.15. The van der Waals surface area contributed by atoms with Gasteiger partial charge in [-0.1, -0.05) is 41.6 Å². The third-order valence-corrected chi connectivity index (χ3v) is 4.30. The van der Waals surface area contributed by atoms with E-state index in [0.29, 0.717) is 4.91 Å². The fourth-order valence-electron chi connectivity index (χ4n) is 2.18. The van der Waals surface area contributed by atoms with Gasteiger partial charge in [-0.15, -0.1) is 0 Å². The Morgan fingerprint density at radius 1 is 1.00 bits per heavy atom. The molecule has 4 heteroatoms. The Hall–Kier alpha value is -2.33. The van der Waals surface area contributed by atoms with Crippen molar-refractivity contribution < 1.29 is 14.7 Å². The molecule has 0 atom stereocenters. The predicted octanol–water partition coefficient (Wildman–Crippen LogP) is 3.76. The van der Waals surface area contributed by atoms with Gasteiger partial charge in [0.25, 0.3) is 0 Å². The molecule has 0 spiro atoms. The SMILES string of the molecule is Cc1ccc(SC2=CC(=O)c3cccc(O)c3C2=O)cc1. The first-order valence-electron chi connectivity index (χ1n) is 6.43. The Morgan fingerprint density at radius 3 is 2.43 bits per heavy atom. The number of phenolic OH excluding ortho intramolecular Hbond substituents is 1. The lowest BCUT2D eigenvalue weighted by Gasteiger charge is -2.15. The number of fused-ring (bicyclic) bond motifs is 1. The van der Waals surface area contributed by atoms with Gasteiger partial charge in [0.1, 0.15) is 5.75 Å². The molecule has 21 heavy (non-hydrogen) atoms. The first-order chi connectivity index (χ1) is 10.1. The maximum atomic E-state index is 12.5. The van der Waals surface area contributed by atoms with Gasteiger partial charge in [-0.3, -0.25) is 9.59 Å². The van der Waals surface area contributed by atoms with Crippen LogP contribution in [0.5, 0.6) is 5.75 Å². The Morgan fingerprint density at radius 2 is 1.71 bits per heavy atom. The van der Waals surface area contributed by atoms with Gasteiger partial charge in [-0.05, 0) is 25.1 Å². The molecule has 2 aromatic carbocycles. The van der Waals surface area contributed by atoms with E-state index >= 15 is 0 Å². The van der Waals surface area contributed by atoms with Gasteiger partial charge in [0, 0.05) is 16.5 Å². The normalized spacial score (nSPS) is 13.9. The molecule has 1 N–H and O–H groups in total. The Balaban J connectivity index is 1.98. The van der Waals surface area contributed by atoms with Crippen molar-refractivity contribution in [3.8, 4) is 5.75 Å². The van der Waals surface area contributed by atoms with Crippen LogP contribution in [-0.2, 0) is 0 Å². The van der Waals surface area contributed by atoms with E-state index in [-0.39, 0.29) is 28.4 Å². The summed E-state index contributed by atoms with van der Waals surface area (Å²) in [5.74, 6) is -0.718. The minimum Gasteiger partial charge on any atom is -0.507 e. The van der Waals surface area contributed by atoms with Crippen molar-refractivity contribution in [2.75, 3.05) is 0 Å². The molecule has 1 aliphatic carbocycles. The second-order valence-electron chi connectivity index (χ2n) is 4.82. The summed E-state index contributed by atoms with van der Waals surface area (Å²) in [6.07, 6.45) is 1.34. The summed E-state index contributed by atoms with van der Waals surface area (Å²) in [7, 11) is 0. The molecule has 0 saturated carbocycles. The lowest BCUT2D eigenvalue weighted by molar-refractivity contribution is 0.0989. The highest BCUT2D eigenvalue weighted by atomic mass is 32.2. The second kappa shape index (κ2) is 5.22. The van der Waals surface area contributed by atoms with Crippen molar-refractivity contribution in [3.63, 3.8) is 0 Å². The molecular weight excluding hydrogens is 284 g/mol. The number of hydrogen-bond donors (Lipinski definition) is 1. The molecule has 104 valence electrons. The lowest BCUT2D eigenvalue weighted by atomic mass is 9.94. The van der Waals surface area contributed by atoms with Gasteiger partial charge >= 0.3 is 0 Å². The van der Waals surface area contributed by atoms with Crippen molar-refractivity contribution in [3.05, 3.63) is 70.1 Å². The molecule has 0 bridgehead atoms. The zero-order valence-corrected chi connectivity index (χ0v) is 12.1. The fourth-order valence-corrected chi connectivity index (χ4v) is 3.07. The van der Waals surface area contributed by atoms with Crippen LogP contribution >= 0.6 is 11.8 Å². The van der Waals surface area contributed by atoms with Crippen molar-refractivity contribution >= 4 is 23.3 Å². The topological polar surface area (TPSA) is 54.4 Å². The third-order valence-electron chi connectivity index (χ3n) is 3.27. The van der Waals surface area contributed by atoms with E-state index in [1.807, 2.05) is 31.2 Å². The quantitative estimate of drug-likeness (QED) is 0.917. The predicted molar refractivity (Wildman–Crippen MR) is 81.9 cm³/mol. The third kappa shape index (κ3) is 2.50. The number of phenols is 1. The molecule has 0 amide bonds. The van der Waals surface area contributed by atoms with E-state index in [0.717, 1.165) is 10.5 Å². The average Bonchev–Trinajstić information content (AvgIpc) is 2.46. The van der Waals surface area contributed by atoms with Crippen LogP contribution < -0.4 is 0 Å². The fraction of sp³-hybridized carbons (Fsp3) is 0.0588. The number of allylic oxidation sites excluding steroid dienone is 2. The van der Waals surface area contributed by atoms with Gasteiger partial charge in [0.15, 0.2) is 5.78 Å².